The number of carbonyl (C=O) groups is 2. The summed E-state index contributed by atoms with van der Waals surface area (Å²) >= 11 is 0. The number of aldehydes is 1. The smallest absolute Gasteiger partial charge is 0.327 e. The largest absolute Gasteiger partial charge is 0.465 e. The van der Waals surface area contributed by atoms with Gasteiger partial charge in [0.25, 0.3) is 0 Å². The lowest BCUT2D eigenvalue weighted by molar-refractivity contribution is -0.155. The highest BCUT2D eigenvalue weighted by Gasteiger charge is 2.58. The Bertz CT molecular complexity index is 1440. The summed E-state index contributed by atoms with van der Waals surface area (Å²) in [6.45, 7) is 2.57. The average molecular weight is 477 g/mol. The number of hydrogen-bond acceptors (Lipinski definition) is 4. The first-order valence-corrected chi connectivity index (χ1v) is 12.4. The highest BCUT2D eigenvalue weighted by molar-refractivity contribution is 5.91. The second-order valence-electron chi connectivity index (χ2n) is 9.27. The molecule has 1 aliphatic rings. The summed E-state index contributed by atoms with van der Waals surface area (Å²) in [6.07, 6.45) is 1.38. The van der Waals surface area contributed by atoms with Gasteiger partial charge in [-0.05, 0) is 36.1 Å². The van der Waals surface area contributed by atoms with Crippen LogP contribution >= 0.6 is 0 Å². The Balaban J connectivity index is 1.82. The zero-order chi connectivity index (χ0) is 25.1. The number of nitrogens with zero attached hydrogens (tertiary/aromatic N) is 2. The van der Waals surface area contributed by atoms with Crippen LogP contribution in [0.2, 0.25) is 0 Å². The van der Waals surface area contributed by atoms with E-state index < -0.39 is 23.2 Å². The van der Waals surface area contributed by atoms with Gasteiger partial charge in [-0.25, -0.2) is 0 Å². The summed E-state index contributed by atoms with van der Waals surface area (Å²) in [4.78, 5) is 25.8. The first-order valence-electron chi connectivity index (χ1n) is 12.4. The van der Waals surface area contributed by atoms with E-state index in [0.29, 0.717) is 13.0 Å². The second kappa shape index (κ2) is 9.83. The third-order valence-corrected chi connectivity index (χ3v) is 7.48. The van der Waals surface area contributed by atoms with Crippen molar-refractivity contribution in [1.82, 2.24) is 4.57 Å². The monoisotopic (exact) mass is 476 g/mol. The fourth-order valence-corrected chi connectivity index (χ4v) is 5.97. The Morgan fingerprint density at radius 1 is 1.06 bits per heavy atom. The van der Waals surface area contributed by atoms with Crippen molar-refractivity contribution in [3.8, 4) is 6.07 Å². The van der Waals surface area contributed by atoms with Crippen LogP contribution in [-0.2, 0) is 27.3 Å². The van der Waals surface area contributed by atoms with Gasteiger partial charge in [0, 0.05) is 41.4 Å². The van der Waals surface area contributed by atoms with Gasteiger partial charge in [-0.2, -0.15) is 5.26 Å². The van der Waals surface area contributed by atoms with Crippen LogP contribution in [0, 0.1) is 16.7 Å². The van der Waals surface area contributed by atoms with Gasteiger partial charge in [-0.15, -0.1) is 0 Å². The van der Waals surface area contributed by atoms with Crippen molar-refractivity contribution in [3.63, 3.8) is 0 Å². The third-order valence-electron chi connectivity index (χ3n) is 7.48. The number of fused-ring (bicyclic) bond motifs is 3. The molecule has 0 unspecified atom stereocenters. The maximum Gasteiger partial charge on any atom is 0.327 e. The van der Waals surface area contributed by atoms with Crippen LogP contribution in [0.15, 0.2) is 84.9 Å². The van der Waals surface area contributed by atoms with Crippen molar-refractivity contribution in [2.75, 3.05) is 6.61 Å². The van der Waals surface area contributed by atoms with Gasteiger partial charge >= 0.3 is 5.97 Å². The standard InChI is InChI=1S/C31H28N2O3/c1-2-36-30(35)31(21-32)25(17-18-34)29-24-15-9-10-16-27(24)33(20-22-11-5-3-6-12-22)28(29)19-26(31)23-13-7-4-8-14-23/h3-16,18,25-26H,2,17,19-20H2,1H3/t25-,26+,31-/m0/s1. The molecular formula is C31H28N2O3. The second-order valence-corrected chi connectivity index (χ2v) is 9.27. The minimum absolute atomic E-state index is 0.0576. The summed E-state index contributed by atoms with van der Waals surface area (Å²) < 4.78 is 7.84. The molecule has 1 heterocycles. The molecule has 0 amide bonds. The lowest BCUT2D eigenvalue weighted by Gasteiger charge is -2.43. The number of nitriles is 1. The van der Waals surface area contributed by atoms with Crippen molar-refractivity contribution in [2.45, 2.75) is 38.1 Å². The molecule has 3 atom stereocenters. The molecule has 0 saturated carbocycles. The Hall–Kier alpha value is -4.17. The molecule has 0 bridgehead atoms. The molecule has 36 heavy (non-hydrogen) atoms. The van der Waals surface area contributed by atoms with Crippen molar-refractivity contribution in [1.29, 1.82) is 5.26 Å². The molecule has 1 aromatic heterocycles. The lowest BCUT2D eigenvalue weighted by atomic mass is 9.57. The molecule has 180 valence electrons. The molecule has 4 aromatic rings. The molecule has 3 aromatic carbocycles. The molecular weight excluding hydrogens is 448 g/mol. The zero-order valence-corrected chi connectivity index (χ0v) is 20.3. The first-order chi connectivity index (χ1) is 17.7. The van der Waals surface area contributed by atoms with Gasteiger partial charge in [0.2, 0.25) is 0 Å². The fourth-order valence-electron chi connectivity index (χ4n) is 5.97. The molecule has 5 heteroatoms. The van der Waals surface area contributed by atoms with Crippen molar-refractivity contribution >= 4 is 23.2 Å². The van der Waals surface area contributed by atoms with Crippen LogP contribution in [0.4, 0.5) is 0 Å². The third kappa shape index (κ3) is 3.70. The molecule has 0 saturated heterocycles. The number of para-hydroxylation sites is 1. The molecule has 5 nitrogen and oxygen atoms in total. The van der Waals surface area contributed by atoms with E-state index in [1.807, 2.05) is 66.7 Å². The summed E-state index contributed by atoms with van der Waals surface area (Å²) in [5.41, 5.74) is 3.54. The molecule has 0 N–H and O–H groups in total. The highest BCUT2D eigenvalue weighted by atomic mass is 16.5. The van der Waals surface area contributed by atoms with E-state index in [-0.39, 0.29) is 13.0 Å². The van der Waals surface area contributed by atoms with E-state index in [9.17, 15) is 14.9 Å². The normalized spacial score (nSPS) is 20.9. The maximum absolute atomic E-state index is 13.7. The summed E-state index contributed by atoms with van der Waals surface area (Å²) in [6, 6.07) is 30.4. The molecule has 0 aliphatic heterocycles. The van der Waals surface area contributed by atoms with Crippen molar-refractivity contribution < 1.29 is 14.3 Å². The van der Waals surface area contributed by atoms with Crippen LogP contribution < -0.4 is 0 Å². The number of carbonyl (C=O) groups excluding carboxylic acids is 2. The molecule has 1 aliphatic carbocycles. The van der Waals surface area contributed by atoms with Gasteiger partial charge in [-0.3, -0.25) is 4.79 Å². The van der Waals surface area contributed by atoms with E-state index in [2.05, 4.69) is 28.8 Å². The Labute approximate surface area is 210 Å². The Morgan fingerprint density at radius 3 is 2.39 bits per heavy atom. The van der Waals surface area contributed by atoms with Gasteiger partial charge in [0.05, 0.1) is 12.7 Å². The summed E-state index contributed by atoms with van der Waals surface area (Å²) in [7, 11) is 0. The van der Waals surface area contributed by atoms with Gasteiger partial charge in [0.1, 0.15) is 6.29 Å². The molecule has 0 spiro atoms. The Morgan fingerprint density at radius 2 is 1.72 bits per heavy atom. The van der Waals surface area contributed by atoms with Gasteiger partial charge in [-0.1, -0.05) is 78.9 Å². The molecule has 0 radical (unpaired) electrons. The van der Waals surface area contributed by atoms with E-state index in [4.69, 9.17) is 4.74 Å². The average Bonchev–Trinajstić information content (AvgIpc) is 3.23. The summed E-state index contributed by atoms with van der Waals surface area (Å²) in [5, 5.41) is 11.7. The number of esters is 1. The highest BCUT2D eigenvalue weighted by Crippen LogP contribution is 2.57. The van der Waals surface area contributed by atoms with Gasteiger partial charge in [0.15, 0.2) is 5.41 Å². The van der Waals surface area contributed by atoms with Crippen LogP contribution in [-0.4, -0.2) is 23.4 Å². The van der Waals surface area contributed by atoms with E-state index in [1.165, 1.54) is 0 Å². The topological polar surface area (TPSA) is 72.1 Å². The predicted molar refractivity (Wildman–Crippen MR) is 138 cm³/mol. The number of hydrogen-bond donors (Lipinski definition) is 0. The Kier molecular flexibility index (Phi) is 6.43. The zero-order valence-electron chi connectivity index (χ0n) is 20.3. The van der Waals surface area contributed by atoms with Gasteiger partial charge < -0.3 is 14.1 Å². The number of aromatic nitrogens is 1. The quantitative estimate of drug-likeness (QED) is 0.251. The predicted octanol–water partition coefficient (Wildman–Crippen LogP) is 5.78. The lowest BCUT2D eigenvalue weighted by Crippen LogP contribution is -2.47. The molecule has 0 fully saturated rings. The SMILES string of the molecule is CCOC(=O)[C@]1(C#N)[C@@H](c2ccccc2)Cc2c(c3ccccc3n2Cc2ccccc2)[C@@H]1CC=O. The van der Waals surface area contributed by atoms with Crippen LogP contribution in [0.1, 0.15) is 47.6 Å². The minimum atomic E-state index is -1.52. The summed E-state index contributed by atoms with van der Waals surface area (Å²) in [5.74, 6) is -1.65. The van der Waals surface area contributed by atoms with E-state index >= 15 is 0 Å². The van der Waals surface area contributed by atoms with E-state index in [0.717, 1.165) is 39.6 Å². The van der Waals surface area contributed by atoms with Crippen LogP contribution in [0.25, 0.3) is 10.9 Å². The number of rotatable bonds is 7. The first kappa shape index (κ1) is 23.6. The van der Waals surface area contributed by atoms with Crippen molar-refractivity contribution in [2.24, 2.45) is 5.41 Å². The fraction of sp³-hybridized carbons (Fsp3) is 0.258. The van der Waals surface area contributed by atoms with E-state index in [1.54, 1.807) is 6.92 Å². The molecule has 5 rings (SSSR count). The number of ether oxygens (including phenoxy) is 1. The number of benzene rings is 3. The van der Waals surface area contributed by atoms with Crippen LogP contribution in [0.5, 0.6) is 0 Å². The van der Waals surface area contributed by atoms with Crippen molar-refractivity contribution in [3.05, 3.63) is 107 Å². The van der Waals surface area contributed by atoms with Crippen LogP contribution in [0.3, 0.4) is 0 Å². The minimum Gasteiger partial charge on any atom is -0.465 e. The maximum atomic E-state index is 13.7.